The molecule has 2 aromatic rings. The molecule has 34 heavy (non-hydrogen) atoms. The number of ether oxygens (including phenoxy) is 2. The minimum atomic E-state index is -0.886. The van der Waals surface area contributed by atoms with E-state index in [0.29, 0.717) is 29.1 Å². The summed E-state index contributed by atoms with van der Waals surface area (Å²) < 4.78 is 10.5. The first-order chi connectivity index (χ1) is 15.7. The molecule has 0 aromatic heterocycles. The first-order valence-electron chi connectivity index (χ1n) is 10.3. The van der Waals surface area contributed by atoms with Crippen LogP contribution in [0.2, 0.25) is 0 Å². The van der Waals surface area contributed by atoms with Gasteiger partial charge in [0, 0.05) is 35.6 Å². The highest BCUT2D eigenvalue weighted by Crippen LogP contribution is 2.40. The second kappa shape index (κ2) is 11.3. The highest BCUT2D eigenvalue weighted by Gasteiger charge is 2.38. The monoisotopic (exact) mass is 487 g/mol. The Morgan fingerprint density at radius 1 is 1.06 bits per heavy atom. The Balaban J connectivity index is 0.00000408. The lowest BCUT2D eigenvalue weighted by Crippen LogP contribution is -2.32. The molecule has 1 aliphatic heterocycles. The number of methoxy groups -OCH3 is 1. The Morgan fingerprint density at radius 3 is 2.26 bits per heavy atom. The van der Waals surface area contributed by atoms with E-state index in [1.807, 2.05) is 12.1 Å². The number of hydrogen-bond donors (Lipinski definition) is 2. The van der Waals surface area contributed by atoms with Gasteiger partial charge in [0.05, 0.1) is 35.7 Å². The summed E-state index contributed by atoms with van der Waals surface area (Å²) in [6.45, 7) is 3.49. The van der Waals surface area contributed by atoms with Crippen LogP contribution in [0.25, 0.3) is 0 Å². The quantitative estimate of drug-likeness (QED) is 0.261. The minimum Gasteiger partial charge on any atom is -0.466 e. The van der Waals surface area contributed by atoms with Crippen molar-refractivity contribution in [1.82, 2.24) is 5.32 Å². The number of nitrogens with zero attached hydrogens (tertiary/aromatic N) is 1. The molecular formula is C24H26ClN3O6. The molecule has 3 N–H and O–H groups in total. The Hall–Kier alpha value is -3.85. The molecule has 1 unspecified atom stereocenters. The van der Waals surface area contributed by atoms with Gasteiger partial charge in [-0.05, 0) is 37.1 Å². The van der Waals surface area contributed by atoms with E-state index >= 15 is 0 Å². The van der Waals surface area contributed by atoms with Gasteiger partial charge >= 0.3 is 11.9 Å². The third kappa shape index (κ3) is 5.74. The largest absolute Gasteiger partial charge is 0.466 e. The molecule has 10 heteroatoms. The maximum Gasteiger partial charge on any atom is 0.336 e. The predicted molar refractivity (Wildman–Crippen MR) is 129 cm³/mol. The van der Waals surface area contributed by atoms with Gasteiger partial charge in [-0.15, -0.1) is 12.4 Å². The normalized spacial score (nSPS) is 15.2. The summed E-state index contributed by atoms with van der Waals surface area (Å²) in [5, 5.41) is 14.4. The standard InChI is InChI=1S/C24H25N3O6.ClH/c1-14-20(23(28)32-3)22(17-5-4-6-19(13-17)27(30)31)21(15(2)26-14)24(29)33-12-11-16-7-9-18(25)10-8-16;/h4-10,13,22,26H,11-12,25H2,1-3H3;1H. The number of nitrogens with one attached hydrogen (secondary N) is 1. The summed E-state index contributed by atoms with van der Waals surface area (Å²) in [6.07, 6.45) is 0.478. The average molecular weight is 488 g/mol. The van der Waals surface area contributed by atoms with Crippen LogP contribution in [-0.2, 0) is 25.5 Å². The smallest absolute Gasteiger partial charge is 0.336 e. The molecule has 2 aromatic carbocycles. The highest BCUT2D eigenvalue weighted by molar-refractivity contribution is 5.99. The molecule has 3 rings (SSSR count). The zero-order valence-electron chi connectivity index (χ0n) is 19.0. The lowest BCUT2D eigenvalue weighted by molar-refractivity contribution is -0.384. The number of dihydropyridines is 1. The van der Waals surface area contributed by atoms with Crippen molar-refractivity contribution in [2.24, 2.45) is 0 Å². The summed E-state index contributed by atoms with van der Waals surface area (Å²) in [4.78, 5) is 36.6. The number of rotatable bonds is 7. The minimum absolute atomic E-state index is 0. The van der Waals surface area contributed by atoms with E-state index in [2.05, 4.69) is 5.32 Å². The number of benzene rings is 2. The number of nitrogens with two attached hydrogens (primary N) is 1. The van der Waals surface area contributed by atoms with Crippen molar-refractivity contribution in [3.8, 4) is 0 Å². The molecule has 1 aliphatic rings. The van der Waals surface area contributed by atoms with E-state index in [-0.39, 0.29) is 35.8 Å². The van der Waals surface area contributed by atoms with E-state index in [4.69, 9.17) is 15.2 Å². The van der Waals surface area contributed by atoms with E-state index < -0.39 is 22.8 Å². The Labute approximate surface area is 203 Å². The highest BCUT2D eigenvalue weighted by atomic mass is 35.5. The van der Waals surface area contributed by atoms with Gasteiger partial charge in [0.2, 0.25) is 0 Å². The van der Waals surface area contributed by atoms with Gasteiger partial charge in [0.25, 0.3) is 5.69 Å². The first kappa shape index (κ1) is 26.4. The molecule has 0 radical (unpaired) electrons. The number of non-ortho nitro benzene ring substituents is 1. The number of carbonyl (C=O) groups excluding carboxylic acids is 2. The fourth-order valence-electron chi connectivity index (χ4n) is 3.82. The number of nitro groups is 1. The Kier molecular flexibility index (Phi) is 8.80. The summed E-state index contributed by atoms with van der Waals surface area (Å²) in [7, 11) is 1.24. The maximum absolute atomic E-state index is 13.2. The molecular weight excluding hydrogens is 462 g/mol. The number of nitro benzene ring substituents is 1. The first-order valence-corrected chi connectivity index (χ1v) is 10.3. The molecule has 0 saturated heterocycles. The van der Waals surface area contributed by atoms with Crippen LogP contribution in [0, 0.1) is 10.1 Å². The van der Waals surface area contributed by atoms with E-state index in [0.717, 1.165) is 5.56 Å². The SMILES string of the molecule is COC(=O)C1=C(C)NC(C)=C(C(=O)OCCc2ccc(N)cc2)C1c1cccc([N+](=O)[O-])c1.Cl. The van der Waals surface area contributed by atoms with E-state index in [1.165, 1.54) is 25.3 Å². The van der Waals surface area contributed by atoms with Gasteiger partial charge in [-0.2, -0.15) is 0 Å². The van der Waals surface area contributed by atoms with Crippen molar-refractivity contribution in [3.63, 3.8) is 0 Å². The van der Waals surface area contributed by atoms with Gasteiger partial charge < -0.3 is 20.5 Å². The summed E-state index contributed by atoms with van der Waals surface area (Å²) in [6, 6.07) is 13.1. The van der Waals surface area contributed by atoms with Crippen LogP contribution in [0.5, 0.6) is 0 Å². The number of halogens is 1. The van der Waals surface area contributed by atoms with Crippen molar-refractivity contribution in [2.45, 2.75) is 26.2 Å². The molecule has 0 bridgehead atoms. The number of anilines is 1. The summed E-state index contributed by atoms with van der Waals surface area (Å²) in [5.41, 5.74) is 8.92. The molecule has 0 fully saturated rings. The topological polar surface area (TPSA) is 134 Å². The van der Waals surface area contributed by atoms with Crippen LogP contribution in [-0.4, -0.2) is 30.6 Å². The van der Waals surface area contributed by atoms with Crippen molar-refractivity contribution in [2.75, 3.05) is 19.5 Å². The Bertz CT molecular complexity index is 1160. The second-order valence-electron chi connectivity index (χ2n) is 7.61. The molecule has 0 aliphatic carbocycles. The van der Waals surface area contributed by atoms with E-state index in [9.17, 15) is 19.7 Å². The fourth-order valence-corrected chi connectivity index (χ4v) is 3.82. The predicted octanol–water partition coefficient (Wildman–Crippen LogP) is 3.79. The van der Waals surface area contributed by atoms with E-state index in [1.54, 1.807) is 32.0 Å². The maximum atomic E-state index is 13.2. The Morgan fingerprint density at radius 2 is 1.68 bits per heavy atom. The number of hydrogen-bond acceptors (Lipinski definition) is 8. The van der Waals surface area contributed by atoms with Gasteiger partial charge in [-0.1, -0.05) is 24.3 Å². The van der Waals surface area contributed by atoms with Crippen LogP contribution in [0.3, 0.4) is 0 Å². The van der Waals surface area contributed by atoms with Crippen LogP contribution in [0.4, 0.5) is 11.4 Å². The van der Waals surface area contributed by atoms with Crippen molar-refractivity contribution in [3.05, 3.63) is 92.3 Å². The zero-order chi connectivity index (χ0) is 24.1. The summed E-state index contributed by atoms with van der Waals surface area (Å²) >= 11 is 0. The van der Waals surface area contributed by atoms with Crippen LogP contribution < -0.4 is 11.1 Å². The molecule has 1 heterocycles. The number of allylic oxidation sites excluding steroid dienone is 2. The van der Waals surface area contributed by atoms with Crippen LogP contribution >= 0.6 is 12.4 Å². The third-order valence-corrected chi connectivity index (χ3v) is 5.40. The van der Waals surface area contributed by atoms with Crippen molar-refractivity contribution in [1.29, 1.82) is 0 Å². The average Bonchev–Trinajstić information content (AvgIpc) is 2.79. The van der Waals surface area contributed by atoms with Crippen LogP contribution in [0.1, 0.15) is 30.9 Å². The third-order valence-electron chi connectivity index (χ3n) is 5.40. The number of esters is 2. The molecule has 180 valence electrons. The molecule has 9 nitrogen and oxygen atoms in total. The second-order valence-corrected chi connectivity index (χ2v) is 7.61. The van der Waals surface area contributed by atoms with Gasteiger partial charge in [0.1, 0.15) is 0 Å². The van der Waals surface area contributed by atoms with Crippen LogP contribution in [0.15, 0.2) is 71.1 Å². The fraction of sp³-hybridized carbons (Fsp3) is 0.250. The molecule has 0 saturated carbocycles. The van der Waals surface area contributed by atoms with Crippen molar-refractivity contribution >= 4 is 35.7 Å². The van der Waals surface area contributed by atoms with Gasteiger partial charge in [-0.3, -0.25) is 10.1 Å². The molecule has 1 atom stereocenters. The lowest BCUT2D eigenvalue weighted by Gasteiger charge is -2.30. The number of carbonyl (C=O) groups is 2. The lowest BCUT2D eigenvalue weighted by atomic mass is 9.80. The molecule has 0 amide bonds. The molecule has 0 spiro atoms. The number of nitrogen functional groups attached to an aromatic ring is 1. The van der Waals surface area contributed by atoms with Gasteiger partial charge in [0.15, 0.2) is 0 Å². The zero-order valence-corrected chi connectivity index (χ0v) is 19.8. The summed E-state index contributed by atoms with van der Waals surface area (Å²) in [5.74, 6) is -2.15. The van der Waals surface area contributed by atoms with Crippen molar-refractivity contribution < 1.29 is 24.0 Å². The van der Waals surface area contributed by atoms with Gasteiger partial charge in [-0.25, -0.2) is 9.59 Å².